The Kier molecular flexibility index (Phi) is 4.54. The molecule has 0 radical (unpaired) electrons. The van der Waals surface area contributed by atoms with Crippen LogP contribution >= 0.6 is 0 Å². The third-order valence-electron chi connectivity index (χ3n) is 3.64. The minimum atomic E-state index is -0.199. The van der Waals surface area contributed by atoms with Gasteiger partial charge in [-0.2, -0.15) is 0 Å². The summed E-state index contributed by atoms with van der Waals surface area (Å²) in [6.07, 6.45) is 1.80. The molecule has 2 N–H and O–H groups in total. The molecule has 0 aromatic heterocycles. The first-order valence-corrected chi connectivity index (χ1v) is 6.64. The van der Waals surface area contributed by atoms with E-state index in [9.17, 15) is 9.59 Å². The summed E-state index contributed by atoms with van der Waals surface area (Å²) >= 11 is 0. The average molecular weight is 254 g/mol. The van der Waals surface area contributed by atoms with Crippen molar-refractivity contribution in [2.75, 3.05) is 46.3 Å². The van der Waals surface area contributed by atoms with Gasteiger partial charge in [0.15, 0.2) is 0 Å². The molecule has 0 aromatic carbocycles. The highest BCUT2D eigenvalue weighted by atomic mass is 16.2. The number of amides is 2. The van der Waals surface area contributed by atoms with E-state index >= 15 is 0 Å². The summed E-state index contributed by atoms with van der Waals surface area (Å²) in [5, 5.41) is 5.87. The lowest BCUT2D eigenvalue weighted by atomic mass is 10.1. The summed E-state index contributed by atoms with van der Waals surface area (Å²) in [6, 6.07) is -0.199. The molecule has 102 valence electrons. The van der Waals surface area contributed by atoms with Crippen molar-refractivity contribution in [3.05, 3.63) is 0 Å². The lowest BCUT2D eigenvalue weighted by Crippen LogP contribution is -2.53. The Morgan fingerprint density at radius 1 is 1.39 bits per heavy atom. The van der Waals surface area contributed by atoms with Crippen molar-refractivity contribution in [3.8, 4) is 0 Å². The molecule has 6 heteroatoms. The number of hydrogen-bond donors (Lipinski definition) is 2. The van der Waals surface area contributed by atoms with Crippen molar-refractivity contribution < 1.29 is 9.59 Å². The highest BCUT2D eigenvalue weighted by Gasteiger charge is 2.24. The monoisotopic (exact) mass is 254 g/mol. The highest BCUT2D eigenvalue weighted by molar-refractivity contribution is 5.84. The van der Waals surface area contributed by atoms with Gasteiger partial charge in [-0.3, -0.25) is 14.9 Å². The smallest absolute Gasteiger partial charge is 0.237 e. The fourth-order valence-corrected chi connectivity index (χ4v) is 2.34. The lowest BCUT2D eigenvalue weighted by molar-refractivity contribution is -0.132. The maximum atomic E-state index is 12.0. The van der Waals surface area contributed by atoms with Gasteiger partial charge in [0.1, 0.15) is 0 Å². The van der Waals surface area contributed by atoms with Crippen LogP contribution in [0.3, 0.4) is 0 Å². The molecule has 2 aliphatic rings. The van der Waals surface area contributed by atoms with Crippen molar-refractivity contribution >= 4 is 11.8 Å². The van der Waals surface area contributed by atoms with Crippen molar-refractivity contribution in [1.82, 2.24) is 20.4 Å². The summed E-state index contributed by atoms with van der Waals surface area (Å²) in [5.74, 6) is 0.119. The van der Waals surface area contributed by atoms with Crippen LogP contribution in [0.4, 0.5) is 0 Å². The van der Waals surface area contributed by atoms with Crippen LogP contribution in [0.15, 0.2) is 0 Å². The molecular formula is C12H22N4O2. The number of likely N-dealkylation sites (N-methyl/N-ethyl adjacent to an activating group) is 1. The number of nitrogens with zero attached hydrogens (tertiary/aromatic N) is 2. The van der Waals surface area contributed by atoms with Crippen LogP contribution in [-0.4, -0.2) is 74.0 Å². The molecule has 2 fully saturated rings. The molecule has 0 aromatic rings. The molecule has 0 bridgehead atoms. The van der Waals surface area contributed by atoms with Crippen molar-refractivity contribution in [2.24, 2.45) is 0 Å². The van der Waals surface area contributed by atoms with E-state index in [1.54, 1.807) is 0 Å². The van der Waals surface area contributed by atoms with E-state index < -0.39 is 0 Å². The zero-order chi connectivity index (χ0) is 13.0. The average Bonchev–Trinajstić information content (AvgIpc) is 2.38. The Hall–Kier alpha value is -1.14. The molecule has 6 nitrogen and oxygen atoms in total. The fraction of sp³-hybridized carbons (Fsp3) is 0.833. The predicted octanol–water partition coefficient (Wildman–Crippen LogP) is -1.37. The van der Waals surface area contributed by atoms with E-state index in [-0.39, 0.29) is 24.4 Å². The van der Waals surface area contributed by atoms with E-state index in [0.717, 1.165) is 45.6 Å². The molecule has 2 saturated heterocycles. The molecule has 1 atom stereocenters. The fourth-order valence-electron chi connectivity index (χ4n) is 2.34. The number of carbonyl (C=O) groups excluding carboxylic acids is 2. The minimum Gasteiger partial charge on any atom is -0.355 e. The van der Waals surface area contributed by atoms with E-state index in [4.69, 9.17) is 0 Å². The molecule has 0 aliphatic carbocycles. The highest BCUT2D eigenvalue weighted by Crippen LogP contribution is 2.03. The molecule has 1 unspecified atom stereocenters. The molecule has 2 rings (SSSR count). The van der Waals surface area contributed by atoms with Gasteiger partial charge in [0, 0.05) is 32.7 Å². The van der Waals surface area contributed by atoms with Crippen molar-refractivity contribution in [1.29, 1.82) is 0 Å². The Balaban J connectivity index is 1.72. The van der Waals surface area contributed by atoms with Gasteiger partial charge in [-0.1, -0.05) is 0 Å². The number of nitrogens with one attached hydrogen (secondary N) is 2. The van der Waals surface area contributed by atoms with Gasteiger partial charge in [0.2, 0.25) is 11.8 Å². The molecule has 18 heavy (non-hydrogen) atoms. The van der Waals surface area contributed by atoms with Crippen LogP contribution in [0.2, 0.25) is 0 Å². The first kappa shape index (κ1) is 13.3. The van der Waals surface area contributed by atoms with Crippen LogP contribution in [-0.2, 0) is 9.59 Å². The second kappa shape index (κ2) is 6.15. The van der Waals surface area contributed by atoms with Gasteiger partial charge in [-0.25, -0.2) is 0 Å². The number of piperidine rings is 1. The summed E-state index contributed by atoms with van der Waals surface area (Å²) in [5.41, 5.74) is 0. The third kappa shape index (κ3) is 3.43. The standard InChI is InChI=1S/C12H22N4O2/c1-15-5-7-16(8-6-15)11(17)9-14-10-3-2-4-13-12(10)18/h10,14H,2-9H2,1H3,(H,13,18). The third-order valence-corrected chi connectivity index (χ3v) is 3.64. The van der Waals surface area contributed by atoms with Gasteiger partial charge in [-0.05, 0) is 19.9 Å². The minimum absolute atomic E-state index is 0.0208. The first-order valence-electron chi connectivity index (χ1n) is 6.64. The summed E-state index contributed by atoms with van der Waals surface area (Å²) in [7, 11) is 2.06. The van der Waals surface area contributed by atoms with Gasteiger partial charge < -0.3 is 15.1 Å². The second-order valence-electron chi connectivity index (χ2n) is 5.05. The second-order valence-corrected chi connectivity index (χ2v) is 5.05. The molecule has 0 saturated carbocycles. The lowest BCUT2D eigenvalue weighted by Gasteiger charge is -2.33. The van der Waals surface area contributed by atoms with Crippen LogP contribution < -0.4 is 10.6 Å². The van der Waals surface area contributed by atoms with E-state index in [2.05, 4.69) is 22.6 Å². The van der Waals surface area contributed by atoms with E-state index in [0.29, 0.717) is 0 Å². The summed E-state index contributed by atoms with van der Waals surface area (Å²) in [6.45, 7) is 4.44. The first-order chi connectivity index (χ1) is 8.66. The van der Waals surface area contributed by atoms with Crippen molar-refractivity contribution in [2.45, 2.75) is 18.9 Å². The van der Waals surface area contributed by atoms with Crippen LogP contribution in [0.1, 0.15) is 12.8 Å². The molecule has 2 aliphatic heterocycles. The Labute approximate surface area is 108 Å². The Morgan fingerprint density at radius 3 is 2.78 bits per heavy atom. The number of piperazine rings is 1. The molecular weight excluding hydrogens is 232 g/mol. The van der Waals surface area contributed by atoms with E-state index in [1.165, 1.54) is 0 Å². The topological polar surface area (TPSA) is 64.7 Å². The zero-order valence-corrected chi connectivity index (χ0v) is 10.9. The zero-order valence-electron chi connectivity index (χ0n) is 10.9. The number of rotatable bonds is 3. The summed E-state index contributed by atoms with van der Waals surface area (Å²) in [4.78, 5) is 27.6. The quantitative estimate of drug-likeness (QED) is 0.652. The van der Waals surface area contributed by atoms with Gasteiger partial charge in [-0.15, -0.1) is 0 Å². The predicted molar refractivity (Wildman–Crippen MR) is 68.1 cm³/mol. The van der Waals surface area contributed by atoms with Crippen LogP contribution in [0, 0.1) is 0 Å². The molecule has 2 heterocycles. The molecule has 0 spiro atoms. The largest absolute Gasteiger partial charge is 0.355 e. The van der Waals surface area contributed by atoms with Crippen molar-refractivity contribution in [3.63, 3.8) is 0 Å². The van der Waals surface area contributed by atoms with Crippen LogP contribution in [0.5, 0.6) is 0 Å². The van der Waals surface area contributed by atoms with E-state index in [1.807, 2.05) is 4.90 Å². The summed E-state index contributed by atoms with van der Waals surface area (Å²) < 4.78 is 0. The van der Waals surface area contributed by atoms with Gasteiger partial charge in [0.25, 0.3) is 0 Å². The van der Waals surface area contributed by atoms with Gasteiger partial charge >= 0.3 is 0 Å². The maximum Gasteiger partial charge on any atom is 0.237 e. The Bertz CT molecular complexity index is 313. The number of hydrogen-bond acceptors (Lipinski definition) is 4. The number of carbonyl (C=O) groups is 2. The Morgan fingerprint density at radius 2 is 2.11 bits per heavy atom. The SMILES string of the molecule is CN1CCN(C(=O)CNC2CCCNC2=O)CC1. The van der Waals surface area contributed by atoms with Crippen LogP contribution in [0.25, 0.3) is 0 Å². The maximum absolute atomic E-state index is 12.0. The van der Waals surface area contributed by atoms with Gasteiger partial charge in [0.05, 0.1) is 12.6 Å². The molecule has 2 amide bonds. The normalized spacial score (nSPS) is 25.9.